The van der Waals surface area contributed by atoms with Crippen LogP contribution < -0.4 is 0 Å². The van der Waals surface area contributed by atoms with Crippen molar-refractivity contribution in [1.82, 2.24) is 19.9 Å². The van der Waals surface area contributed by atoms with Crippen molar-refractivity contribution >= 4 is 11.6 Å². The predicted molar refractivity (Wildman–Crippen MR) is 89.2 cm³/mol. The van der Waals surface area contributed by atoms with Crippen LogP contribution in [0.3, 0.4) is 0 Å². The SMILES string of the molecule is CCCCN(CC)C(=O)c1nnn(-c2cccc([N+](=O)[O-])c2)c1C. The molecule has 0 saturated heterocycles. The molecular weight excluding hydrogens is 310 g/mol. The molecule has 0 saturated carbocycles. The highest BCUT2D eigenvalue weighted by Gasteiger charge is 2.22. The highest BCUT2D eigenvalue weighted by Crippen LogP contribution is 2.19. The quantitative estimate of drug-likeness (QED) is 0.574. The van der Waals surface area contributed by atoms with E-state index in [1.807, 2.05) is 6.92 Å². The molecule has 2 aromatic rings. The molecule has 0 aliphatic rings. The highest BCUT2D eigenvalue weighted by molar-refractivity contribution is 5.93. The van der Waals surface area contributed by atoms with Gasteiger partial charge in [0.25, 0.3) is 11.6 Å². The number of rotatable bonds is 7. The monoisotopic (exact) mass is 331 g/mol. The first-order valence-corrected chi connectivity index (χ1v) is 7.96. The maximum absolute atomic E-state index is 12.6. The van der Waals surface area contributed by atoms with Gasteiger partial charge < -0.3 is 4.90 Å². The summed E-state index contributed by atoms with van der Waals surface area (Å²) in [5.74, 6) is -0.167. The lowest BCUT2D eigenvalue weighted by molar-refractivity contribution is -0.384. The second kappa shape index (κ2) is 7.67. The standard InChI is InChI=1S/C16H21N5O3/c1-4-6-10-19(5-2)16(22)15-12(3)20(18-17-15)13-8-7-9-14(11-13)21(23)24/h7-9,11H,4-6,10H2,1-3H3. The fourth-order valence-corrected chi connectivity index (χ4v) is 2.41. The first kappa shape index (κ1) is 17.6. The third-order valence-electron chi connectivity index (χ3n) is 3.83. The van der Waals surface area contributed by atoms with E-state index < -0.39 is 4.92 Å². The zero-order valence-corrected chi connectivity index (χ0v) is 14.1. The van der Waals surface area contributed by atoms with Gasteiger partial charge in [-0.3, -0.25) is 14.9 Å². The van der Waals surface area contributed by atoms with Crippen LogP contribution in [0, 0.1) is 17.0 Å². The van der Waals surface area contributed by atoms with Crippen LogP contribution in [-0.4, -0.2) is 43.8 Å². The van der Waals surface area contributed by atoms with Crippen LogP contribution in [0.25, 0.3) is 5.69 Å². The average molecular weight is 331 g/mol. The van der Waals surface area contributed by atoms with Crippen molar-refractivity contribution in [2.45, 2.75) is 33.6 Å². The van der Waals surface area contributed by atoms with Gasteiger partial charge in [-0.05, 0) is 26.3 Å². The summed E-state index contributed by atoms with van der Waals surface area (Å²) in [6.45, 7) is 7.01. The van der Waals surface area contributed by atoms with Gasteiger partial charge >= 0.3 is 0 Å². The third kappa shape index (κ3) is 3.58. The molecule has 0 aliphatic carbocycles. The lowest BCUT2D eigenvalue weighted by Gasteiger charge is -2.19. The molecule has 0 aliphatic heterocycles. The summed E-state index contributed by atoms with van der Waals surface area (Å²) in [5, 5.41) is 18.9. The largest absolute Gasteiger partial charge is 0.337 e. The minimum absolute atomic E-state index is 0.0339. The van der Waals surface area contributed by atoms with E-state index in [0.717, 1.165) is 12.8 Å². The van der Waals surface area contributed by atoms with Crippen LogP contribution >= 0.6 is 0 Å². The maximum Gasteiger partial charge on any atom is 0.276 e. The Morgan fingerprint density at radius 1 is 1.38 bits per heavy atom. The molecule has 0 atom stereocenters. The van der Waals surface area contributed by atoms with Gasteiger partial charge in [0.05, 0.1) is 16.3 Å². The molecule has 2 rings (SSSR count). The zero-order valence-electron chi connectivity index (χ0n) is 14.1. The first-order valence-electron chi connectivity index (χ1n) is 7.96. The van der Waals surface area contributed by atoms with Crippen LogP contribution in [0.2, 0.25) is 0 Å². The van der Waals surface area contributed by atoms with Gasteiger partial charge in [0.1, 0.15) is 0 Å². The van der Waals surface area contributed by atoms with Crippen molar-refractivity contribution in [2.75, 3.05) is 13.1 Å². The summed E-state index contributed by atoms with van der Waals surface area (Å²) in [6, 6.07) is 6.09. The summed E-state index contributed by atoms with van der Waals surface area (Å²) in [6.07, 6.45) is 1.93. The number of carbonyl (C=O) groups excluding carboxylic acids is 1. The molecule has 0 unspecified atom stereocenters. The Balaban J connectivity index is 2.32. The number of amides is 1. The number of carbonyl (C=O) groups is 1. The van der Waals surface area contributed by atoms with E-state index in [9.17, 15) is 14.9 Å². The van der Waals surface area contributed by atoms with Crippen LogP contribution in [0.5, 0.6) is 0 Å². The molecule has 8 heteroatoms. The third-order valence-corrected chi connectivity index (χ3v) is 3.83. The summed E-state index contributed by atoms with van der Waals surface area (Å²) >= 11 is 0. The van der Waals surface area contributed by atoms with E-state index in [1.54, 1.807) is 24.0 Å². The second-order valence-corrected chi connectivity index (χ2v) is 5.45. The number of nitrogens with zero attached hydrogens (tertiary/aromatic N) is 5. The van der Waals surface area contributed by atoms with Crippen LogP contribution in [0.4, 0.5) is 5.69 Å². The Morgan fingerprint density at radius 2 is 2.12 bits per heavy atom. The van der Waals surface area contributed by atoms with Crippen molar-refractivity contribution in [1.29, 1.82) is 0 Å². The maximum atomic E-state index is 12.6. The van der Waals surface area contributed by atoms with Crippen molar-refractivity contribution in [3.05, 3.63) is 45.8 Å². The molecule has 1 aromatic carbocycles. The minimum atomic E-state index is -0.467. The molecule has 0 radical (unpaired) electrons. The van der Waals surface area contributed by atoms with Gasteiger partial charge in [0, 0.05) is 25.2 Å². The highest BCUT2D eigenvalue weighted by atomic mass is 16.6. The number of unbranched alkanes of at least 4 members (excludes halogenated alkanes) is 1. The summed E-state index contributed by atoms with van der Waals surface area (Å²) in [7, 11) is 0. The number of nitro benzene ring substituents is 1. The van der Waals surface area contributed by atoms with Crippen LogP contribution in [-0.2, 0) is 0 Å². The molecule has 1 amide bonds. The van der Waals surface area contributed by atoms with Gasteiger partial charge in [-0.25, -0.2) is 4.68 Å². The smallest absolute Gasteiger partial charge is 0.276 e. The van der Waals surface area contributed by atoms with Crippen molar-refractivity contribution in [3.63, 3.8) is 0 Å². The molecule has 1 heterocycles. The van der Waals surface area contributed by atoms with E-state index in [2.05, 4.69) is 17.2 Å². The summed E-state index contributed by atoms with van der Waals surface area (Å²) in [4.78, 5) is 24.8. The van der Waals surface area contributed by atoms with Crippen LogP contribution in [0.1, 0.15) is 42.9 Å². The van der Waals surface area contributed by atoms with E-state index >= 15 is 0 Å². The van der Waals surface area contributed by atoms with Gasteiger partial charge in [-0.15, -0.1) is 5.10 Å². The number of non-ortho nitro benzene ring substituents is 1. The molecular formula is C16H21N5O3. The fourth-order valence-electron chi connectivity index (χ4n) is 2.41. The lowest BCUT2D eigenvalue weighted by atomic mass is 10.2. The van der Waals surface area contributed by atoms with Gasteiger partial charge in [-0.1, -0.05) is 24.6 Å². The number of nitro groups is 1. The Labute approximate surface area is 140 Å². The van der Waals surface area contributed by atoms with Crippen LogP contribution in [0.15, 0.2) is 24.3 Å². The molecule has 1 aromatic heterocycles. The lowest BCUT2D eigenvalue weighted by Crippen LogP contribution is -2.32. The first-order chi connectivity index (χ1) is 11.5. The minimum Gasteiger partial charge on any atom is -0.337 e. The Bertz CT molecular complexity index is 741. The molecule has 0 spiro atoms. The Kier molecular flexibility index (Phi) is 5.62. The van der Waals surface area contributed by atoms with Gasteiger partial charge in [0.2, 0.25) is 0 Å². The summed E-state index contributed by atoms with van der Waals surface area (Å²) in [5.41, 5.74) is 1.31. The second-order valence-electron chi connectivity index (χ2n) is 5.45. The number of hydrogen-bond acceptors (Lipinski definition) is 5. The molecule has 0 N–H and O–H groups in total. The topological polar surface area (TPSA) is 94.2 Å². The number of aromatic nitrogens is 3. The van der Waals surface area contributed by atoms with E-state index in [1.165, 1.54) is 16.8 Å². The Morgan fingerprint density at radius 3 is 2.75 bits per heavy atom. The van der Waals surface area contributed by atoms with Gasteiger partial charge in [0.15, 0.2) is 5.69 Å². The predicted octanol–water partition coefficient (Wildman–Crippen LogP) is 2.75. The van der Waals surface area contributed by atoms with Crippen molar-refractivity contribution < 1.29 is 9.72 Å². The molecule has 0 fully saturated rings. The fraction of sp³-hybridized carbons (Fsp3) is 0.438. The Hall–Kier alpha value is -2.77. The molecule has 24 heavy (non-hydrogen) atoms. The molecule has 128 valence electrons. The van der Waals surface area contributed by atoms with E-state index in [-0.39, 0.29) is 17.3 Å². The van der Waals surface area contributed by atoms with Crippen molar-refractivity contribution in [2.24, 2.45) is 0 Å². The van der Waals surface area contributed by atoms with Crippen molar-refractivity contribution in [3.8, 4) is 5.69 Å². The van der Waals surface area contributed by atoms with E-state index in [0.29, 0.717) is 24.5 Å². The number of benzene rings is 1. The average Bonchev–Trinajstić information content (AvgIpc) is 2.97. The zero-order chi connectivity index (χ0) is 17.7. The van der Waals surface area contributed by atoms with E-state index in [4.69, 9.17) is 0 Å². The van der Waals surface area contributed by atoms with Gasteiger partial charge in [-0.2, -0.15) is 0 Å². The number of hydrogen-bond donors (Lipinski definition) is 0. The summed E-state index contributed by atoms with van der Waals surface area (Å²) < 4.78 is 1.45. The molecule has 0 bridgehead atoms. The normalized spacial score (nSPS) is 10.6. The molecule has 8 nitrogen and oxygen atoms in total.